The lowest BCUT2D eigenvalue weighted by Crippen LogP contribution is -2.62. The number of anilines is 2. The van der Waals surface area contributed by atoms with Crippen molar-refractivity contribution in [2.45, 2.75) is 89.1 Å². The summed E-state index contributed by atoms with van der Waals surface area (Å²) in [6.07, 6.45) is 9.05. The van der Waals surface area contributed by atoms with Crippen molar-refractivity contribution < 1.29 is 9.31 Å². The van der Waals surface area contributed by atoms with Crippen LogP contribution >= 0.6 is 0 Å². The smallest absolute Gasteiger partial charge is 0.409 e. The van der Waals surface area contributed by atoms with Gasteiger partial charge in [0.05, 0.1) is 11.2 Å². The molecule has 2 N–H and O–H groups in total. The Morgan fingerprint density at radius 2 is 1.41 bits per heavy atom. The fourth-order valence-corrected chi connectivity index (χ4v) is 7.16. The predicted molar refractivity (Wildman–Crippen MR) is 135 cm³/mol. The van der Waals surface area contributed by atoms with Gasteiger partial charge in [0.2, 0.25) is 0 Å². The van der Waals surface area contributed by atoms with Gasteiger partial charge in [-0.3, -0.25) is 0 Å². The van der Waals surface area contributed by atoms with Gasteiger partial charge in [-0.2, -0.15) is 0 Å². The molecule has 2 aromatic rings. The highest BCUT2D eigenvalue weighted by Crippen LogP contribution is 2.62. The molecule has 3 fully saturated rings. The SMILES string of the molecule is CC1(C)OB([C@@]2(B3Nc4cccc5cccc(c45)N3)CCC[C@H]3CCCC[C@@H]32)OC1(C)C. The summed E-state index contributed by atoms with van der Waals surface area (Å²) in [5.41, 5.74) is 1.82. The van der Waals surface area contributed by atoms with Crippen molar-refractivity contribution in [3.8, 4) is 0 Å². The van der Waals surface area contributed by atoms with Gasteiger partial charge in [0, 0.05) is 22.0 Å². The van der Waals surface area contributed by atoms with E-state index in [2.05, 4.69) is 74.5 Å². The minimum atomic E-state index is -0.321. The van der Waals surface area contributed by atoms with Gasteiger partial charge >= 0.3 is 14.1 Å². The third-order valence-electron chi connectivity index (χ3n) is 9.52. The number of rotatable bonds is 2. The third kappa shape index (κ3) is 2.91. The fraction of sp³-hybridized carbons (Fsp3) is 0.615. The van der Waals surface area contributed by atoms with Gasteiger partial charge in [-0.1, -0.05) is 69.2 Å². The molecule has 2 aliphatic carbocycles. The normalized spacial score (nSPS) is 32.9. The maximum Gasteiger partial charge on any atom is 0.461 e. The van der Waals surface area contributed by atoms with Crippen molar-refractivity contribution in [3.63, 3.8) is 0 Å². The van der Waals surface area contributed by atoms with E-state index in [4.69, 9.17) is 9.31 Å². The molecule has 168 valence electrons. The van der Waals surface area contributed by atoms with Crippen LogP contribution in [-0.2, 0) is 9.31 Å². The van der Waals surface area contributed by atoms with Gasteiger partial charge < -0.3 is 19.8 Å². The van der Waals surface area contributed by atoms with Crippen molar-refractivity contribution in [1.82, 2.24) is 0 Å². The van der Waals surface area contributed by atoms with E-state index < -0.39 is 0 Å². The quantitative estimate of drug-likeness (QED) is 0.532. The second-order valence-corrected chi connectivity index (χ2v) is 11.7. The van der Waals surface area contributed by atoms with E-state index in [0.717, 1.165) is 12.3 Å². The summed E-state index contributed by atoms with van der Waals surface area (Å²) in [5, 5.41) is 10.4. The molecule has 0 amide bonds. The Hall–Kier alpha value is -1.65. The molecule has 32 heavy (non-hydrogen) atoms. The summed E-state index contributed by atoms with van der Waals surface area (Å²) in [4.78, 5) is 0. The van der Waals surface area contributed by atoms with Crippen LogP contribution < -0.4 is 10.5 Å². The van der Waals surface area contributed by atoms with Crippen molar-refractivity contribution in [2.75, 3.05) is 10.5 Å². The van der Waals surface area contributed by atoms with Crippen LogP contribution in [0.4, 0.5) is 11.4 Å². The average Bonchev–Trinajstić information content (AvgIpc) is 3.00. The van der Waals surface area contributed by atoms with Crippen LogP contribution in [0.3, 0.4) is 0 Å². The van der Waals surface area contributed by atoms with E-state index in [1.165, 1.54) is 60.7 Å². The molecule has 4 aliphatic rings. The molecule has 2 aliphatic heterocycles. The van der Waals surface area contributed by atoms with Crippen LogP contribution in [0.15, 0.2) is 36.4 Å². The number of hydrogen-bond donors (Lipinski definition) is 2. The molecular formula is C26H36B2N2O2. The van der Waals surface area contributed by atoms with Crippen molar-refractivity contribution in [2.24, 2.45) is 11.8 Å². The fourth-order valence-electron chi connectivity index (χ4n) is 7.16. The molecular weight excluding hydrogens is 394 g/mol. The summed E-state index contributed by atoms with van der Waals surface area (Å²) in [6, 6.07) is 13.2. The number of hydrogen-bond acceptors (Lipinski definition) is 4. The maximum atomic E-state index is 6.87. The lowest BCUT2D eigenvalue weighted by molar-refractivity contribution is 0.00578. The zero-order valence-corrected chi connectivity index (χ0v) is 20.0. The van der Waals surface area contributed by atoms with Crippen LogP contribution in [0.25, 0.3) is 10.8 Å². The largest absolute Gasteiger partial charge is 0.461 e. The Bertz CT molecular complexity index is 983. The minimum Gasteiger partial charge on any atom is -0.409 e. The third-order valence-corrected chi connectivity index (χ3v) is 9.52. The molecule has 6 heteroatoms. The highest BCUT2D eigenvalue weighted by molar-refractivity contribution is 6.83. The summed E-state index contributed by atoms with van der Waals surface area (Å²) in [5.74, 6) is 1.38. The summed E-state index contributed by atoms with van der Waals surface area (Å²) >= 11 is 0. The molecule has 2 saturated carbocycles. The minimum absolute atomic E-state index is 0.0867. The standard InChI is InChI=1S/C26H36B2N2O2/c1-24(2)25(3,4)32-28(31-24)26(17-9-13-18-10-5-6-14-20(18)26)27-29-21-15-7-11-19-12-8-16-22(30-27)23(19)21/h7-8,11-12,15-16,18,20,29-30H,5-6,9-10,13-14,17H2,1-4H3/t18-,20+,26+/m1/s1. The molecule has 0 radical (unpaired) electrons. The topological polar surface area (TPSA) is 42.5 Å². The van der Waals surface area contributed by atoms with Crippen molar-refractivity contribution >= 4 is 36.2 Å². The summed E-state index contributed by atoms with van der Waals surface area (Å²) in [6.45, 7) is 8.86. The Kier molecular flexibility index (Phi) is 4.69. The van der Waals surface area contributed by atoms with Gasteiger partial charge in [0.15, 0.2) is 0 Å². The number of nitrogens with one attached hydrogen (secondary N) is 2. The van der Waals surface area contributed by atoms with E-state index in [9.17, 15) is 0 Å². The second-order valence-electron chi connectivity index (χ2n) is 11.7. The first-order chi connectivity index (χ1) is 15.3. The van der Waals surface area contributed by atoms with E-state index >= 15 is 0 Å². The zero-order chi connectivity index (χ0) is 22.1. The molecule has 6 rings (SSSR count). The van der Waals surface area contributed by atoms with Gasteiger partial charge in [-0.05, 0) is 57.0 Å². The van der Waals surface area contributed by atoms with E-state index in [1.54, 1.807) is 0 Å². The second kappa shape index (κ2) is 7.17. The monoisotopic (exact) mass is 430 g/mol. The predicted octanol–water partition coefficient (Wildman–Crippen LogP) is 6.53. The molecule has 0 aromatic heterocycles. The van der Waals surface area contributed by atoms with E-state index in [-0.39, 0.29) is 30.5 Å². The molecule has 0 unspecified atom stereocenters. The van der Waals surface area contributed by atoms with Crippen LogP contribution in [0.5, 0.6) is 0 Å². The highest BCUT2D eigenvalue weighted by atomic mass is 16.7. The molecule has 0 bridgehead atoms. The maximum absolute atomic E-state index is 6.87. The number of fused-ring (bicyclic) bond motifs is 1. The molecule has 1 saturated heterocycles. The summed E-state index contributed by atoms with van der Waals surface area (Å²) < 4.78 is 13.7. The lowest BCUT2D eigenvalue weighted by atomic mass is 9.26. The van der Waals surface area contributed by atoms with Crippen LogP contribution in [-0.4, -0.2) is 25.3 Å². The Morgan fingerprint density at radius 3 is 2.06 bits per heavy atom. The van der Waals surface area contributed by atoms with Crippen LogP contribution in [0.2, 0.25) is 5.21 Å². The molecule has 4 nitrogen and oxygen atoms in total. The highest BCUT2D eigenvalue weighted by Gasteiger charge is 2.68. The average molecular weight is 430 g/mol. The van der Waals surface area contributed by atoms with Crippen LogP contribution in [0.1, 0.15) is 72.6 Å². The lowest BCUT2D eigenvalue weighted by Gasteiger charge is -2.54. The first kappa shape index (κ1) is 20.9. The van der Waals surface area contributed by atoms with Gasteiger partial charge in [0.25, 0.3) is 0 Å². The van der Waals surface area contributed by atoms with Gasteiger partial charge in [-0.25, -0.2) is 0 Å². The van der Waals surface area contributed by atoms with Crippen molar-refractivity contribution in [1.29, 1.82) is 0 Å². The summed E-state index contributed by atoms with van der Waals surface area (Å²) in [7, 11) is -0.215. The molecule has 0 spiro atoms. The molecule has 2 heterocycles. The Labute approximate surface area is 193 Å². The van der Waals surface area contributed by atoms with E-state index in [0.29, 0.717) is 5.92 Å². The Balaban J connectivity index is 1.47. The first-order valence-electron chi connectivity index (χ1n) is 12.7. The molecule has 2 aromatic carbocycles. The first-order valence-corrected chi connectivity index (χ1v) is 12.7. The van der Waals surface area contributed by atoms with Gasteiger partial charge in [-0.15, -0.1) is 0 Å². The van der Waals surface area contributed by atoms with E-state index in [1.807, 2.05) is 0 Å². The number of benzene rings is 2. The molecule has 3 atom stereocenters. The van der Waals surface area contributed by atoms with Gasteiger partial charge in [0.1, 0.15) is 0 Å². The zero-order valence-electron chi connectivity index (χ0n) is 20.0. The van der Waals surface area contributed by atoms with Crippen molar-refractivity contribution in [3.05, 3.63) is 36.4 Å². The Morgan fingerprint density at radius 1 is 0.812 bits per heavy atom. The van der Waals surface area contributed by atoms with Crippen LogP contribution in [0, 0.1) is 11.8 Å².